The van der Waals surface area contributed by atoms with Gasteiger partial charge in [-0.1, -0.05) is 25.1 Å². The number of piperidine rings is 1. The van der Waals surface area contributed by atoms with Crippen molar-refractivity contribution in [2.75, 3.05) is 25.5 Å². The van der Waals surface area contributed by atoms with Gasteiger partial charge in [-0.2, -0.15) is 0 Å². The van der Waals surface area contributed by atoms with Gasteiger partial charge in [-0.25, -0.2) is 0 Å². The first-order valence-corrected chi connectivity index (χ1v) is 5.76. The minimum atomic E-state index is 0.628. The van der Waals surface area contributed by atoms with Gasteiger partial charge < -0.3 is 10.2 Å². The Morgan fingerprint density at radius 3 is 2.67 bits per heavy atom. The fourth-order valence-electron chi connectivity index (χ4n) is 2.32. The fraction of sp³-hybridized carbons (Fsp3) is 0.538. The van der Waals surface area contributed by atoms with Crippen molar-refractivity contribution in [3.05, 3.63) is 30.3 Å². The third-order valence-corrected chi connectivity index (χ3v) is 3.23. The van der Waals surface area contributed by atoms with E-state index in [1.165, 1.54) is 25.2 Å². The maximum Gasteiger partial charge on any atom is 0.0342 e. The second kappa shape index (κ2) is 4.67. The van der Waals surface area contributed by atoms with Crippen molar-refractivity contribution >= 4 is 5.69 Å². The molecule has 0 aliphatic carbocycles. The number of anilines is 1. The Hall–Kier alpha value is -1.02. The van der Waals surface area contributed by atoms with Crippen LogP contribution >= 0.6 is 0 Å². The van der Waals surface area contributed by atoms with Crippen molar-refractivity contribution in [2.45, 2.75) is 19.4 Å². The van der Waals surface area contributed by atoms with E-state index >= 15 is 0 Å². The van der Waals surface area contributed by atoms with Crippen molar-refractivity contribution in [2.24, 2.45) is 5.92 Å². The number of hydrogen-bond acceptors (Lipinski definition) is 2. The van der Waals surface area contributed by atoms with Crippen LogP contribution in [0.25, 0.3) is 0 Å². The first-order chi connectivity index (χ1) is 7.25. The van der Waals surface area contributed by atoms with E-state index in [1.54, 1.807) is 0 Å². The van der Waals surface area contributed by atoms with Crippen LogP contribution in [0.1, 0.15) is 13.3 Å². The topological polar surface area (TPSA) is 15.3 Å². The Labute approximate surface area is 92.3 Å². The maximum absolute atomic E-state index is 3.62. The summed E-state index contributed by atoms with van der Waals surface area (Å²) in [5.74, 6) is 0.726. The number of hydrogen-bond donors (Lipinski definition) is 1. The Morgan fingerprint density at radius 1 is 1.27 bits per heavy atom. The average molecular weight is 204 g/mol. The van der Waals surface area contributed by atoms with E-state index in [0.29, 0.717) is 6.04 Å². The molecular weight excluding hydrogens is 184 g/mol. The highest BCUT2D eigenvalue weighted by atomic mass is 15.1. The second-order valence-electron chi connectivity index (χ2n) is 4.65. The van der Waals surface area contributed by atoms with Crippen LogP contribution in [0.3, 0.4) is 0 Å². The first kappa shape index (κ1) is 10.5. The molecule has 82 valence electrons. The molecule has 0 saturated carbocycles. The Bertz CT molecular complexity index is 297. The summed E-state index contributed by atoms with van der Waals surface area (Å²) in [6.07, 6.45) is 1.24. The van der Waals surface area contributed by atoms with Gasteiger partial charge in [0.05, 0.1) is 0 Å². The van der Waals surface area contributed by atoms with Crippen molar-refractivity contribution in [3.63, 3.8) is 0 Å². The van der Waals surface area contributed by atoms with Gasteiger partial charge in [0.1, 0.15) is 0 Å². The smallest absolute Gasteiger partial charge is 0.0342 e. The number of nitrogens with one attached hydrogen (secondary N) is 1. The molecule has 0 radical (unpaired) electrons. The Balaban J connectivity index is 1.95. The van der Waals surface area contributed by atoms with E-state index in [4.69, 9.17) is 0 Å². The first-order valence-electron chi connectivity index (χ1n) is 5.76. The molecule has 1 aliphatic heterocycles. The van der Waals surface area contributed by atoms with Gasteiger partial charge in [-0.05, 0) is 38.1 Å². The van der Waals surface area contributed by atoms with Crippen LogP contribution in [-0.4, -0.2) is 31.1 Å². The van der Waals surface area contributed by atoms with Crippen molar-refractivity contribution in [3.8, 4) is 0 Å². The molecule has 2 heteroatoms. The highest BCUT2D eigenvalue weighted by Gasteiger charge is 2.23. The predicted molar refractivity (Wildman–Crippen MR) is 65.1 cm³/mol. The van der Waals surface area contributed by atoms with Gasteiger partial charge in [0, 0.05) is 18.3 Å². The zero-order valence-electron chi connectivity index (χ0n) is 9.61. The van der Waals surface area contributed by atoms with E-state index in [9.17, 15) is 0 Å². The molecule has 0 aromatic heterocycles. The molecule has 1 aromatic carbocycles. The lowest BCUT2D eigenvalue weighted by molar-refractivity contribution is 0.206. The highest BCUT2D eigenvalue weighted by molar-refractivity contribution is 5.43. The van der Waals surface area contributed by atoms with E-state index < -0.39 is 0 Å². The zero-order chi connectivity index (χ0) is 10.7. The Kier molecular flexibility index (Phi) is 3.27. The van der Waals surface area contributed by atoms with Gasteiger partial charge >= 0.3 is 0 Å². The second-order valence-corrected chi connectivity index (χ2v) is 4.65. The summed E-state index contributed by atoms with van der Waals surface area (Å²) in [6, 6.07) is 11.1. The lowest BCUT2D eigenvalue weighted by atomic mass is 9.94. The molecule has 2 rings (SSSR count). The van der Waals surface area contributed by atoms with E-state index in [1.807, 2.05) is 0 Å². The number of nitrogens with zero attached hydrogens (tertiary/aromatic N) is 1. The molecule has 2 atom stereocenters. The summed E-state index contributed by atoms with van der Waals surface area (Å²) in [6.45, 7) is 4.73. The van der Waals surface area contributed by atoms with Crippen LogP contribution in [0.5, 0.6) is 0 Å². The fourth-order valence-corrected chi connectivity index (χ4v) is 2.32. The van der Waals surface area contributed by atoms with Crippen LogP contribution in [0.2, 0.25) is 0 Å². The molecule has 1 saturated heterocycles. The van der Waals surface area contributed by atoms with Gasteiger partial charge in [0.25, 0.3) is 0 Å². The van der Waals surface area contributed by atoms with Crippen LogP contribution in [0, 0.1) is 5.92 Å². The van der Waals surface area contributed by atoms with E-state index in [0.717, 1.165) is 5.92 Å². The van der Waals surface area contributed by atoms with E-state index in [-0.39, 0.29) is 0 Å². The monoisotopic (exact) mass is 204 g/mol. The third-order valence-electron chi connectivity index (χ3n) is 3.23. The molecule has 15 heavy (non-hydrogen) atoms. The van der Waals surface area contributed by atoms with Gasteiger partial charge in [0.15, 0.2) is 0 Å². The molecule has 0 spiro atoms. The summed E-state index contributed by atoms with van der Waals surface area (Å²) in [4.78, 5) is 2.41. The number of benzene rings is 1. The minimum Gasteiger partial charge on any atom is -0.382 e. The van der Waals surface area contributed by atoms with Crippen molar-refractivity contribution in [1.29, 1.82) is 0 Å². The predicted octanol–water partition coefficient (Wildman–Crippen LogP) is 2.44. The number of para-hydroxylation sites is 1. The SMILES string of the molecule is C[C@H]1CN(C)CC[C@@H]1Nc1ccccc1. The highest BCUT2D eigenvalue weighted by Crippen LogP contribution is 2.19. The molecule has 0 unspecified atom stereocenters. The molecule has 0 amide bonds. The third kappa shape index (κ3) is 2.72. The van der Waals surface area contributed by atoms with Crippen LogP contribution < -0.4 is 5.32 Å². The molecule has 1 N–H and O–H groups in total. The minimum absolute atomic E-state index is 0.628. The lowest BCUT2D eigenvalue weighted by Gasteiger charge is -2.35. The van der Waals surface area contributed by atoms with Gasteiger partial charge in [0.2, 0.25) is 0 Å². The van der Waals surface area contributed by atoms with Gasteiger partial charge in [-0.3, -0.25) is 0 Å². The van der Waals surface area contributed by atoms with Crippen molar-refractivity contribution in [1.82, 2.24) is 4.90 Å². The summed E-state index contributed by atoms with van der Waals surface area (Å²) in [7, 11) is 2.20. The Morgan fingerprint density at radius 2 is 2.00 bits per heavy atom. The molecule has 1 fully saturated rings. The van der Waals surface area contributed by atoms with Crippen LogP contribution in [-0.2, 0) is 0 Å². The molecular formula is C13H20N2. The molecule has 1 heterocycles. The molecule has 0 bridgehead atoms. The summed E-state index contributed by atoms with van der Waals surface area (Å²) in [5.41, 5.74) is 1.25. The number of likely N-dealkylation sites (tertiary alicyclic amines) is 1. The lowest BCUT2D eigenvalue weighted by Crippen LogP contribution is -2.43. The normalized spacial score (nSPS) is 27.6. The summed E-state index contributed by atoms with van der Waals surface area (Å²) >= 11 is 0. The quantitative estimate of drug-likeness (QED) is 0.796. The molecule has 2 nitrogen and oxygen atoms in total. The van der Waals surface area contributed by atoms with Crippen LogP contribution in [0.4, 0.5) is 5.69 Å². The van der Waals surface area contributed by atoms with Crippen LogP contribution in [0.15, 0.2) is 30.3 Å². The number of rotatable bonds is 2. The van der Waals surface area contributed by atoms with Crippen molar-refractivity contribution < 1.29 is 0 Å². The zero-order valence-corrected chi connectivity index (χ0v) is 9.61. The molecule has 1 aliphatic rings. The summed E-state index contributed by atoms with van der Waals surface area (Å²) < 4.78 is 0. The van der Waals surface area contributed by atoms with E-state index in [2.05, 4.69) is 54.5 Å². The summed E-state index contributed by atoms with van der Waals surface area (Å²) in [5, 5.41) is 3.62. The standard InChI is InChI=1S/C13H20N2/c1-11-10-15(2)9-8-13(11)14-12-6-4-3-5-7-12/h3-7,11,13-14H,8-10H2,1-2H3/t11-,13-/m0/s1. The molecule has 1 aromatic rings. The largest absolute Gasteiger partial charge is 0.382 e. The average Bonchev–Trinajstić information content (AvgIpc) is 2.24. The van der Waals surface area contributed by atoms with Gasteiger partial charge in [-0.15, -0.1) is 0 Å². The maximum atomic E-state index is 3.62.